The first-order valence-electron chi connectivity index (χ1n) is 8.08. The number of anilines is 1. The Kier molecular flexibility index (Phi) is 7.73. The van der Waals surface area contributed by atoms with Crippen molar-refractivity contribution in [2.45, 2.75) is 26.3 Å². The molecule has 0 radical (unpaired) electrons. The van der Waals surface area contributed by atoms with Gasteiger partial charge in [0, 0.05) is 20.2 Å². The Hall–Kier alpha value is -1.97. The summed E-state index contributed by atoms with van der Waals surface area (Å²) in [7, 11) is 3.43. The average molecular weight is 358 g/mol. The molecule has 0 aliphatic carbocycles. The second kappa shape index (κ2) is 9.11. The molecule has 1 aromatic carbocycles. The van der Waals surface area contributed by atoms with E-state index < -0.39 is 23.7 Å². The SMILES string of the molecule is CC(C)CC(C(=O)O)N1CC(Oc2cccc(N(C)C)c2F)=CC1=O.[LiH]. The van der Waals surface area contributed by atoms with Gasteiger partial charge in [-0.2, -0.15) is 0 Å². The Morgan fingerprint density at radius 3 is 2.58 bits per heavy atom. The number of carbonyl (C=O) groups excluding carboxylic acids is 1. The van der Waals surface area contributed by atoms with Gasteiger partial charge >= 0.3 is 24.8 Å². The standard InChI is InChI=1S/C18H23FN2O4.Li.H/c1-11(2)8-14(18(23)24)21-10-12(9-16(21)22)25-15-7-5-6-13(17(15)19)20(3)4;;/h5-7,9,11,14H,8,10H2,1-4H3,(H,23,24);;. The van der Waals surface area contributed by atoms with Gasteiger partial charge in [-0.05, 0) is 24.5 Å². The van der Waals surface area contributed by atoms with Crippen molar-refractivity contribution in [1.29, 1.82) is 0 Å². The first-order valence-corrected chi connectivity index (χ1v) is 8.08. The van der Waals surface area contributed by atoms with E-state index in [0.29, 0.717) is 12.1 Å². The molecule has 6 nitrogen and oxygen atoms in total. The normalized spacial score (nSPS) is 14.8. The number of ether oxygens (including phenoxy) is 1. The molecule has 0 bridgehead atoms. The molecule has 0 saturated heterocycles. The van der Waals surface area contributed by atoms with Crippen LogP contribution >= 0.6 is 0 Å². The Labute approximate surface area is 164 Å². The topological polar surface area (TPSA) is 70.1 Å². The summed E-state index contributed by atoms with van der Waals surface area (Å²) in [5, 5.41) is 9.39. The van der Waals surface area contributed by atoms with Crippen LogP contribution in [0.1, 0.15) is 20.3 Å². The summed E-state index contributed by atoms with van der Waals surface area (Å²) in [4.78, 5) is 26.5. The van der Waals surface area contributed by atoms with Crippen molar-refractivity contribution in [2.75, 3.05) is 25.5 Å². The average Bonchev–Trinajstić information content (AvgIpc) is 2.86. The van der Waals surface area contributed by atoms with E-state index in [1.54, 1.807) is 31.1 Å². The van der Waals surface area contributed by atoms with Crippen LogP contribution in [-0.4, -0.2) is 67.4 Å². The molecule has 26 heavy (non-hydrogen) atoms. The fourth-order valence-electron chi connectivity index (χ4n) is 2.71. The zero-order valence-electron chi connectivity index (χ0n) is 14.8. The molecule has 1 N–H and O–H groups in total. The summed E-state index contributed by atoms with van der Waals surface area (Å²) in [5.74, 6) is -1.67. The van der Waals surface area contributed by atoms with E-state index in [1.165, 1.54) is 17.0 Å². The second-order valence-electron chi connectivity index (χ2n) is 6.65. The van der Waals surface area contributed by atoms with Crippen molar-refractivity contribution in [3.05, 3.63) is 35.9 Å². The third kappa shape index (κ3) is 5.02. The molecule has 0 fully saturated rings. The molecule has 2 rings (SSSR count). The zero-order chi connectivity index (χ0) is 18.7. The van der Waals surface area contributed by atoms with E-state index in [0.717, 1.165) is 0 Å². The number of carbonyl (C=O) groups is 2. The zero-order valence-corrected chi connectivity index (χ0v) is 14.8. The molecule has 0 aromatic heterocycles. The van der Waals surface area contributed by atoms with Gasteiger partial charge in [-0.15, -0.1) is 0 Å². The summed E-state index contributed by atoms with van der Waals surface area (Å²) in [6.45, 7) is 3.79. The van der Waals surface area contributed by atoms with Crippen molar-refractivity contribution >= 4 is 36.4 Å². The molecule has 1 atom stereocenters. The third-order valence-corrected chi connectivity index (χ3v) is 3.92. The molecular formula is C18H24FLiN2O4. The molecule has 1 heterocycles. The molecule has 1 aliphatic rings. The van der Waals surface area contributed by atoms with Crippen molar-refractivity contribution in [3.8, 4) is 5.75 Å². The van der Waals surface area contributed by atoms with Crippen LogP contribution in [-0.2, 0) is 9.59 Å². The number of amides is 1. The van der Waals surface area contributed by atoms with Gasteiger partial charge in [0.25, 0.3) is 5.91 Å². The van der Waals surface area contributed by atoms with E-state index in [9.17, 15) is 19.1 Å². The van der Waals surface area contributed by atoms with Crippen molar-refractivity contribution in [1.82, 2.24) is 4.90 Å². The van der Waals surface area contributed by atoms with Crippen LogP contribution < -0.4 is 9.64 Å². The Bertz CT molecular complexity index is 706. The summed E-state index contributed by atoms with van der Waals surface area (Å²) in [5.41, 5.74) is 0.363. The first-order chi connectivity index (χ1) is 11.7. The number of rotatable bonds is 7. The van der Waals surface area contributed by atoms with Gasteiger partial charge in [-0.3, -0.25) is 4.79 Å². The quantitative estimate of drug-likeness (QED) is 0.754. The fraction of sp³-hybridized carbons (Fsp3) is 0.444. The Balaban J connectivity index is 0.00000338. The predicted molar refractivity (Wildman–Crippen MR) is 99.2 cm³/mol. The fourth-order valence-corrected chi connectivity index (χ4v) is 2.71. The van der Waals surface area contributed by atoms with E-state index in [1.807, 2.05) is 13.8 Å². The van der Waals surface area contributed by atoms with Crippen LogP contribution in [0.2, 0.25) is 0 Å². The van der Waals surface area contributed by atoms with Crippen LogP contribution in [0.5, 0.6) is 5.75 Å². The molecule has 0 saturated carbocycles. The van der Waals surface area contributed by atoms with E-state index in [-0.39, 0.29) is 42.8 Å². The maximum absolute atomic E-state index is 14.4. The number of benzene rings is 1. The van der Waals surface area contributed by atoms with Gasteiger partial charge < -0.3 is 19.6 Å². The molecule has 8 heteroatoms. The van der Waals surface area contributed by atoms with Gasteiger partial charge in [0.15, 0.2) is 11.6 Å². The first kappa shape index (κ1) is 22.1. The Morgan fingerprint density at radius 1 is 1.38 bits per heavy atom. The summed E-state index contributed by atoms with van der Waals surface area (Å²) in [6, 6.07) is 3.81. The van der Waals surface area contributed by atoms with E-state index in [2.05, 4.69) is 0 Å². The van der Waals surface area contributed by atoms with Gasteiger partial charge in [0.1, 0.15) is 11.8 Å². The van der Waals surface area contributed by atoms with Gasteiger partial charge in [0.05, 0.1) is 12.2 Å². The molecule has 1 aromatic rings. The second-order valence-corrected chi connectivity index (χ2v) is 6.65. The van der Waals surface area contributed by atoms with E-state index in [4.69, 9.17) is 4.74 Å². The minimum atomic E-state index is -1.06. The molecule has 0 spiro atoms. The minimum absolute atomic E-state index is 0. The van der Waals surface area contributed by atoms with Crippen molar-refractivity contribution in [3.63, 3.8) is 0 Å². The van der Waals surface area contributed by atoms with Crippen molar-refractivity contribution < 1.29 is 23.8 Å². The van der Waals surface area contributed by atoms with Gasteiger partial charge in [0.2, 0.25) is 0 Å². The summed E-state index contributed by atoms with van der Waals surface area (Å²) in [6.07, 6.45) is 1.56. The van der Waals surface area contributed by atoms with Crippen LogP contribution in [0.3, 0.4) is 0 Å². The van der Waals surface area contributed by atoms with Crippen LogP contribution in [0.15, 0.2) is 30.0 Å². The number of aliphatic carboxylic acids is 1. The Morgan fingerprint density at radius 2 is 2.04 bits per heavy atom. The number of carboxylic acid groups (broad SMARTS) is 1. The van der Waals surface area contributed by atoms with Crippen LogP contribution in [0.4, 0.5) is 10.1 Å². The monoisotopic (exact) mass is 358 g/mol. The number of nitrogens with zero attached hydrogens (tertiary/aromatic N) is 2. The predicted octanol–water partition coefficient (Wildman–Crippen LogP) is 1.85. The van der Waals surface area contributed by atoms with E-state index >= 15 is 0 Å². The number of hydrogen-bond donors (Lipinski definition) is 1. The van der Waals surface area contributed by atoms with Crippen LogP contribution in [0.25, 0.3) is 0 Å². The molecule has 1 unspecified atom stereocenters. The van der Waals surface area contributed by atoms with Gasteiger partial charge in [-0.25, -0.2) is 9.18 Å². The van der Waals surface area contributed by atoms with Gasteiger partial charge in [-0.1, -0.05) is 19.9 Å². The van der Waals surface area contributed by atoms with Crippen LogP contribution in [0, 0.1) is 11.7 Å². The number of carboxylic acids is 1. The molecule has 1 aliphatic heterocycles. The molecule has 138 valence electrons. The number of hydrogen-bond acceptors (Lipinski definition) is 4. The third-order valence-electron chi connectivity index (χ3n) is 3.92. The number of halogens is 1. The summed E-state index contributed by atoms with van der Waals surface area (Å²) < 4.78 is 20.0. The summed E-state index contributed by atoms with van der Waals surface area (Å²) >= 11 is 0. The molecule has 1 amide bonds. The van der Waals surface area contributed by atoms with Crippen molar-refractivity contribution in [2.24, 2.45) is 5.92 Å². The maximum atomic E-state index is 14.4. The molecular weight excluding hydrogens is 334 g/mol.